The Kier molecular flexibility index (Phi) is 5.74. The largest absolute Gasteiger partial charge is 0.131 e. The molecule has 1 heteroatoms. The van der Waals surface area contributed by atoms with Gasteiger partial charge in [0.2, 0.25) is 0 Å². The van der Waals surface area contributed by atoms with Crippen LogP contribution in [-0.4, -0.2) is 5.16 Å². The molecular formula is C16H35P. The molecule has 0 saturated heterocycles. The maximum absolute atomic E-state index is 3.06. The van der Waals surface area contributed by atoms with E-state index >= 15 is 0 Å². The van der Waals surface area contributed by atoms with Crippen LogP contribution < -0.4 is 0 Å². The highest BCUT2D eigenvalue weighted by Crippen LogP contribution is 2.44. The van der Waals surface area contributed by atoms with Gasteiger partial charge in [-0.1, -0.05) is 62.3 Å². The van der Waals surface area contributed by atoms with Gasteiger partial charge in [-0.05, 0) is 40.7 Å². The molecule has 3 atom stereocenters. The Morgan fingerprint density at radius 3 is 1.53 bits per heavy atom. The lowest BCUT2D eigenvalue weighted by Gasteiger charge is -2.42. The summed E-state index contributed by atoms with van der Waals surface area (Å²) in [5.41, 5.74) is 0.838. The smallest absolute Gasteiger partial charge is 0.0173 e. The highest BCUT2D eigenvalue weighted by Gasteiger charge is 2.36. The Bertz CT molecular complexity index is 207. The van der Waals surface area contributed by atoms with Crippen LogP contribution in [0, 0.1) is 22.7 Å². The first-order valence-electron chi connectivity index (χ1n) is 7.02. The highest BCUT2D eigenvalue weighted by molar-refractivity contribution is 7.18. The van der Waals surface area contributed by atoms with Crippen molar-refractivity contribution in [3.05, 3.63) is 0 Å². The van der Waals surface area contributed by atoms with Gasteiger partial charge in [0.15, 0.2) is 0 Å². The Morgan fingerprint density at radius 1 is 0.882 bits per heavy atom. The van der Waals surface area contributed by atoms with E-state index in [4.69, 9.17) is 0 Å². The van der Waals surface area contributed by atoms with Gasteiger partial charge in [-0.15, -0.1) is 9.24 Å². The summed E-state index contributed by atoms with van der Waals surface area (Å²) in [6.45, 7) is 21.3. The first-order chi connectivity index (χ1) is 7.23. The summed E-state index contributed by atoms with van der Waals surface area (Å²) < 4.78 is 0. The summed E-state index contributed by atoms with van der Waals surface area (Å²) >= 11 is 0. The van der Waals surface area contributed by atoms with E-state index in [0.29, 0.717) is 16.0 Å². The molecular weight excluding hydrogens is 223 g/mol. The molecule has 0 aliphatic heterocycles. The molecule has 0 heterocycles. The fourth-order valence-electron chi connectivity index (χ4n) is 3.30. The fourth-order valence-corrected chi connectivity index (χ4v) is 3.94. The van der Waals surface area contributed by atoms with Gasteiger partial charge in [0.05, 0.1) is 0 Å². The van der Waals surface area contributed by atoms with Crippen LogP contribution in [0.1, 0.15) is 75.2 Å². The number of hydrogen-bond acceptors (Lipinski definition) is 0. The van der Waals surface area contributed by atoms with E-state index < -0.39 is 0 Å². The van der Waals surface area contributed by atoms with E-state index in [9.17, 15) is 0 Å². The van der Waals surface area contributed by atoms with Crippen molar-refractivity contribution in [2.45, 2.75) is 80.3 Å². The van der Waals surface area contributed by atoms with Gasteiger partial charge in [0.1, 0.15) is 0 Å². The van der Waals surface area contributed by atoms with Crippen molar-refractivity contribution < 1.29 is 0 Å². The first kappa shape index (κ1) is 17.4. The van der Waals surface area contributed by atoms with E-state index in [-0.39, 0.29) is 0 Å². The van der Waals surface area contributed by atoms with Crippen LogP contribution in [0.4, 0.5) is 0 Å². The molecule has 0 N–H and O–H groups in total. The average molecular weight is 258 g/mol. The third kappa shape index (κ3) is 7.45. The van der Waals surface area contributed by atoms with Crippen molar-refractivity contribution >= 4 is 9.24 Å². The first-order valence-corrected chi connectivity index (χ1v) is 7.60. The molecule has 0 aromatic carbocycles. The summed E-state index contributed by atoms with van der Waals surface area (Å²) in [4.78, 5) is 0. The summed E-state index contributed by atoms with van der Waals surface area (Å²) in [6, 6.07) is 0. The van der Waals surface area contributed by atoms with Gasteiger partial charge < -0.3 is 0 Å². The van der Waals surface area contributed by atoms with Crippen molar-refractivity contribution in [3.63, 3.8) is 0 Å². The second kappa shape index (κ2) is 5.60. The minimum Gasteiger partial charge on any atom is -0.131 e. The Hall–Kier alpha value is 0.430. The van der Waals surface area contributed by atoms with Gasteiger partial charge >= 0.3 is 0 Å². The predicted octanol–water partition coefficient (Wildman–Crippen LogP) is 5.76. The molecule has 0 nitrogen and oxygen atoms in total. The second-order valence-corrected chi connectivity index (χ2v) is 10.3. The lowest BCUT2D eigenvalue weighted by Crippen LogP contribution is -2.36. The number of rotatable bonds is 4. The maximum Gasteiger partial charge on any atom is -0.0173 e. The zero-order valence-electron chi connectivity index (χ0n) is 13.6. The molecule has 0 radical (unpaired) electrons. The predicted molar refractivity (Wildman–Crippen MR) is 84.6 cm³/mol. The van der Waals surface area contributed by atoms with Crippen LogP contribution >= 0.6 is 9.24 Å². The molecule has 0 fully saturated rings. The van der Waals surface area contributed by atoms with E-state index in [0.717, 1.165) is 11.8 Å². The summed E-state index contributed by atoms with van der Waals surface area (Å²) in [7, 11) is 3.06. The third-order valence-corrected chi connectivity index (χ3v) is 3.94. The van der Waals surface area contributed by atoms with Crippen molar-refractivity contribution in [3.8, 4) is 0 Å². The minimum atomic E-state index is 0.324. The molecule has 0 aliphatic carbocycles. The van der Waals surface area contributed by atoms with Crippen LogP contribution in [0.15, 0.2) is 0 Å². The van der Waals surface area contributed by atoms with Crippen LogP contribution in [0.25, 0.3) is 0 Å². The molecule has 17 heavy (non-hydrogen) atoms. The monoisotopic (exact) mass is 258 g/mol. The van der Waals surface area contributed by atoms with Gasteiger partial charge in [0.25, 0.3) is 0 Å². The molecule has 104 valence electrons. The van der Waals surface area contributed by atoms with Gasteiger partial charge in [-0.2, -0.15) is 0 Å². The van der Waals surface area contributed by atoms with Gasteiger partial charge in [0, 0.05) is 0 Å². The molecule has 0 amide bonds. The molecule has 0 bridgehead atoms. The van der Waals surface area contributed by atoms with Crippen molar-refractivity contribution in [1.82, 2.24) is 0 Å². The third-order valence-electron chi connectivity index (χ3n) is 3.54. The average Bonchev–Trinajstić information content (AvgIpc) is 1.91. The van der Waals surface area contributed by atoms with Gasteiger partial charge in [-0.3, -0.25) is 0 Å². The Balaban J connectivity index is 4.68. The summed E-state index contributed by atoms with van der Waals surface area (Å²) in [5, 5.41) is 0.324. The van der Waals surface area contributed by atoms with Gasteiger partial charge in [-0.25, -0.2) is 0 Å². The summed E-state index contributed by atoms with van der Waals surface area (Å²) in [5.74, 6) is 1.55. The molecule has 0 saturated carbocycles. The van der Waals surface area contributed by atoms with E-state index in [1.54, 1.807) is 0 Å². The normalized spacial score (nSPS) is 18.0. The summed E-state index contributed by atoms with van der Waals surface area (Å²) in [6.07, 6.45) is 2.65. The zero-order chi connectivity index (χ0) is 14.1. The van der Waals surface area contributed by atoms with E-state index in [1.807, 2.05) is 0 Å². The number of hydrogen-bond donors (Lipinski definition) is 0. The quantitative estimate of drug-likeness (QED) is 0.562. The molecule has 0 rings (SSSR count). The van der Waals surface area contributed by atoms with E-state index in [1.165, 1.54) is 12.8 Å². The molecule has 0 spiro atoms. The maximum atomic E-state index is 3.06. The minimum absolute atomic E-state index is 0.324. The van der Waals surface area contributed by atoms with Crippen LogP contribution in [-0.2, 0) is 0 Å². The molecule has 0 aromatic rings. The fraction of sp³-hybridized carbons (Fsp3) is 1.00. The molecule has 0 aliphatic rings. The van der Waals surface area contributed by atoms with Crippen LogP contribution in [0.3, 0.4) is 0 Å². The highest BCUT2D eigenvalue weighted by atomic mass is 31.0. The molecule has 3 unspecified atom stereocenters. The standard InChI is InChI=1S/C16H35P/c1-12(11-14(2,3)4)10-13(15(5,6)7)16(8,9)17/h12-13H,10-11,17H2,1-9H3. The Morgan fingerprint density at radius 2 is 1.29 bits per heavy atom. The lowest BCUT2D eigenvalue weighted by atomic mass is 9.68. The SMILES string of the molecule is CC(CC(C(C)(C)C)C(C)(C)P)CC(C)(C)C. The van der Waals surface area contributed by atoms with E-state index in [2.05, 4.69) is 71.6 Å². The van der Waals surface area contributed by atoms with Crippen LogP contribution in [0.5, 0.6) is 0 Å². The Labute approximate surface area is 113 Å². The van der Waals surface area contributed by atoms with Crippen LogP contribution in [0.2, 0.25) is 0 Å². The van der Waals surface area contributed by atoms with Crippen molar-refractivity contribution in [2.75, 3.05) is 0 Å². The zero-order valence-corrected chi connectivity index (χ0v) is 14.8. The lowest BCUT2D eigenvalue weighted by molar-refractivity contribution is 0.146. The van der Waals surface area contributed by atoms with Crippen molar-refractivity contribution in [2.24, 2.45) is 22.7 Å². The second-order valence-electron chi connectivity index (χ2n) is 8.85. The molecule has 0 aromatic heterocycles. The van der Waals surface area contributed by atoms with Crippen molar-refractivity contribution in [1.29, 1.82) is 0 Å². The topological polar surface area (TPSA) is 0 Å².